The number of amides is 2. The molecule has 2 aromatic carbocycles. The van der Waals surface area contributed by atoms with Crippen LogP contribution in [0.3, 0.4) is 0 Å². The number of aryl methyl sites for hydroxylation is 2. The molecule has 1 N–H and O–H groups in total. The molecule has 0 aliphatic carbocycles. The summed E-state index contributed by atoms with van der Waals surface area (Å²) in [6.45, 7) is 5.00. The molecule has 0 saturated heterocycles. The first kappa shape index (κ1) is 21.0. The number of nitrogens with zero attached hydrogens (tertiary/aromatic N) is 2. The number of sulfonamides is 1. The minimum Gasteiger partial charge on any atom is -0.324 e. The SMILES string of the molecule is Cc1ccc(C)c(S(=O)(=O)N(C)CC(=O)N2c3ccccc3NC(=O)CC2C)c1. The molecule has 0 bridgehead atoms. The number of hydrogen-bond donors (Lipinski definition) is 1. The van der Waals surface area contributed by atoms with Gasteiger partial charge in [0.05, 0.1) is 22.8 Å². The Hall–Kier alpha value is -2.71. The van der Waals surface area contributed by atoms with Crippen LogP contribution in [0, 0.1) is 13.8 Å². The van der Waals surface area contributed by atoms with Gasteiger partial charge in [0.15, 0.2) is 0 Å². The zero-order valence-electron chi connectivity index (χ0n) is 17.0. The van der Waals surface area contributed by atoms with Crippen molar-refractivity contribution in [3.05, 3.63) is 53.6 Å². The van der Waals surface area contributed by atoms with Gasteiger partial charge in [-0.15, -0.1) is 0 Å². The van der Waals surface area contributed by atoms with Gasteiger partial charge in [0, 0.05) is 19.5 Å². The van der Waals surface area contributed by atoms with Crippen LogP contribution < -0.4 is 10.2 Å². The van der Waals surface area contributed by atoms with Gasteiger partial charge in [0.25, 0.3) is 0 Å². The molecule has 0 radical (unpaired) electrons. The minimum atomic E-state index is -3.84. The lowest BCUT2D eigenvalue weighted by atomic mass is 10.1. The van der Waals surface area contributed by atoms with E-state index in [2.05, 4.69) is 5.32 Å². The van der Waals surface area contributed by atoms with Crippen LogP contribution in [0.2, 0.25) is 0 Å². The molecule has 29 heavy (non-hydrogen) atoms. The number of likely N-dealkylation sites (N-methyl/N-ethyl adjacent to an activating group) is 1. The molecule has 0 spiro atoms. The van der Waals surface area contributed by atoms with Crippen LogP contribution >= 0.6 is 0 Å². The molecular formula is C21H25N3O4S. The Balaban J connectivity index is 1.91. The second-order valence-electron chi connectivity index (χ2n) is 7.41. The summed E-state index contributed by atoms with van der Waals surface area (Å²) in [5.74, 6) is -0.575. The average Bonchev–Trinajstić information content (AvgIpc) is 2.77. The van der Waals surface area contributed by atoms with Crippen LogP contribution in [0.4, 0.5) is 11.4 Å². The van der Waals surface area contributed by atoms with E-state index < -0.39 is 22.0 Å². The topological polar surface area (TPSA) is 86.8 Å². The molecule has 1 atom stereocenters. The van der Waals surface area contributed by atoms with Crippen molar-refractivity contribution in [2.45, 2.75) is 38.1 Å². The maximum Gasteiger partial charge on any atom is 0.243 e. The molecule has 2 aromatic rings. The molecular weight excluding hydrogens is 390 g/mol. The van der Waals surface area contributed by atoms with E-state index in [1.807, 2.05) is 13.0 Å². The molecule has 3 rings (SSSR count). The van der Waals surface area contributed by atoms with Crippen molar-refractivity contribution in [3.63, 3.8) is 0 Å². The number of benzene rings is 2. The molecule has 154 valence electrons. The highest BCUT2D eigenvalue weighted by Crippen LogP contribution is 2.31. The first-order valence-electron chi connectivity index (χ1n) is 9.36. The Morgan fingerprint density at radius 1 is 1.21 bits per heavy atom. The second kappa shape index (κ2) is 7.96. The van der Waals surface area contributed by atoms with Crippen LogP contribution in [-0.4, -0.2) is 44.2 Å². The Morgan fingerprint density at radius 2 is 1.90 bits per heavy atom. The zero-order valence-corrected chi connectivity index (χ0v) is 17.8. The molecule has 7 nitrogen and oxygen atoms in total. The Labute approximate surface area is 171 Å². The van der Waals surface area contributed by atoms with Crippen molar-refractivity contribution in [1.82, 2.24) is 4.31 Å². The van der Waals surface area contributed by atoms with Gasteiger partial charge >= 0.3 is 0 Å². The second-order valence-corrected chi connectivity index (χ2v) is 9.43. The summed E-state index contributed by atoms with van der Waals surface area (Å²) in [4.78, 5) is 26.9. The van der Waals surface area contributed by atoms with Crippen molar-refractivity contribution in [2.24, 2.45) is 0 Å². The maximum atomic E-state index is 13.2. The average molecular weight is 416 g/mol. The molecule has 1 heterocycles. The summed E-state index contributed by atoms with van der Waals surface area (Å²) in [5, 5.41) is 2.80. The fourth-order valence-corrected chi connectivity index (χ4v) is 4.90. The molecule has 0 aromatic heterocycles. The van der Waals surface area contributed by atoms with Gasteiger partial charge in [-0.25, -0.2) is 8.42 Å². The van der Waals surface area contributed by atoms with Crippen molar-refractivity contribution in [2.75, 3.05) is 23.8 Å². The number of anilines is 2. The van der Waals surface area contributed by atoms with E-state index in [-0.39, 0.29) is 23.8 Å². The van der Waals surface area contributed by atoms with Gasteiger partial charge in [0.1, 0.15) is 0 Å². The van der Waals surface area contributed by atoms with Crippen LogP contribution in [0.15, 0.2) is 47.4 Å². The molecule has 1 unspecified atom stereocenters. The Bertz CT molecular complexity index is 1070. The van der Waals surface area contributed by atoms with Crippen LogP contribution in [0.1, 0.15) is 24.5 Å². The lowest BCUT2D eigenvalue weighted by Gasteiger charge is -2.29. The van der Waals surface area contributed by atoms with Gasteiger partial charge in [-0.1, -0.05) is 24.3 Å². The van der Waals surface area contributed by atoms with Crippen LogP contribution in [0.5, 0.6) is 0 Å². The van der Waals surface area contributed by atoms with Gasteiger partial charge < -0.3 is 10.2 Å². The van der Waals surface area contributed by atoms with E-state index in [0.29, 0.717) is 16.9 Å². The van der Waals surface area contributed by atoms with Gasteiger partial charge in [-0.2, -0.15) is 4.31 Å². The summed E-state index contributed by atoms with van der Waals surface area (Å²) < 4.78 is 27.2. The predicted octanol–water partition coefficient (Wildman–Crippen LogP) is 2.69. The third kappa shape index (κ3) is 4.18. The molecule has 8 heteroatoms. The standard InChI is InChI=1S/C21H25N3O4S/c1-14-9-10-15(2)19(11-14)29(27,28)23(4)13-21(26)24-16(3)12-20(25)22-17-7-5-6-8-18(17)24/h5-11,16H,12-13H2,1-4H3,(H,22,25). The van der Waals surface area contributed by atoms with Gasteiger partial charge in [-0.3, -0.25) is 9.59 Å². The van der Waals surface area contributed by atoms with Crippen molar-refractivity contribution >= 4 is 33.2 Å². The van der Waals surface area contributed by atoms with Crippen LogP contribution in [-0.2, 0) is 19.6 Å². The number of carbonyl (C=O) groups is 2. The fourth-order valence-electron chi connectivity index (χ4n) is 3.47. The quantitative estimate of drug-likeness (QED) is 0.832. The first-order valence-corrected chi connectivity index (χ1v) is 10.8. The minimum absolute atomic E-state index is 0.133. The Kier molecular flexibility index (Phi) is 5.77. The fraction of sp³-hybridized carbons (Fsp3) is 0.333. The van der Waals surface area contributed by atoms with E-state index in [1.54, 1.807) is 50.2 Å². The van der Waals surface area contributed by atoms with E-state index in [9.17, 15) is 18.0 Å². The number of rotatable bonds is 4. The highest BCUT2D eigenvalue weighted by molar-refractivity contribution is 7.89. The third-order valence-electron chi connectivity index (χ3n) is 5.02. The number of hydrogen-bond acceptors (Lipinski definition) is 4. The summed E-state index contributed by atoms with van der Waals surface area (Å²) in [5.41, 5.74) is 2.55. The monoisotopic (exact) mass is 415 g/mol. The number of fused-ring (bicyclic) bond motifs is 1. The summed E-state index contributed by atoms with van der Waals surface area (Å²) in [6.07, 6.45) is 0.133. The Morgan fingerprint density at radius 3 is 2.62 bits per heavy atom. The van der Waals surface area contributed by atoms with E-state index in [4.69, 9.17) is 0 Å². The molecule has 1 aliphatic heterocycles. The van der Waals surface area contributed by atoms with Crippen molar-refractivity contribution in [1.29, 1.82) is 0 Å². The van der Waals surface area contributed by atoms with Crippen molar-refractivity contribution < 1.29 is 18.0 Å². The number of nitrogens with one attached hydrogen (secondary N) is 1. The highest BCUT2D eigenvalue weighted by atomic mass is 32.2. The lowest BCUT2D eigenvalue weighted by molar-refractivity contribution is -0.119. The summed E-state index contributed by atoms with van der Waals surface area (Å²) in [7, 11) is -2.44. The molecule has 2 amide bonds. The van der Waals surface area contributed by atoms with Gasteiger partial charge in [-0.05, 0) is 50.1 Å². The summed E-state index contributed by atoms with van der Waals surface area (Å²) >= 11 is 0. The smallest absolute Gasteiger partial charge is 0.243 e. The van der Waals surface area contributed by atoms with Crippen molar-refractivity contribution in [3.8, 4) is 0 Å². The predicted molar refractivity (Wildman–Crippen MR) is 112 cm³/mol. The number of carbonyl (C=O) groups excluding carboxylic acids is 2. The number of para-hydroxylation sites is 2. The summed E-state index contributed by atoms with van der Waals surface area (Å²) in [6, 6.07) is 11.8. The van der Waals surface area contributed by atoms with E-state index >= 15 is 0 Å². The largest absolute Gasteiger partial charge is 0.324 e. The van der Waals surface area contributed by atoms with E-state index in [0.717, 1.165) is 9.87 Å². The third-order valence-corrected chi connectivity index (χ3v) is 6.96. The van der Waals surface area contributed by atoms with Gasteiger partial charge in [0.2, 0.25) is 21.8 Å². The highest BCUT2D eigenvalue weighted by Gasteiger charge is 2.32. The molecule has 0 saturated carbocycles. The lowest BCUT2D eigenvalue weighted by Crippen LogP contribution is -2.45. The zero-order chi connectivity index (χ0) is 21.3. The van der Waals surface area contributed by atoms with Crippen LogP contribution in [0.25, 0.3) is 0 Å². The first-order chi connectivity index (χ1) is 13.6. The van der Waals surface area contributed by atoms with E-state index in [1.165, 1.54) is 11.9 Å². The maximum absolute atomic E-state index is 13.2. The molecule has 1 aliphatic rings. The normalized spacial score (nSPS) is 16.9. The molecule has 0 fully saturated rings.